The first-order valence-corrected chi connectivity index (χ1v) is 26.1. The Morgan fingerprint density at radius 1 is 0.512 bits per heavy atom. The molecule has 8 unspecified atom stereocenters. The van der Waals surface area contributed by atoms with Crippen LogP contribution in [-0.4, -0.2) is 31.9 Å². The van der Waals surface area contributed by atoms with Crippen molar-refractivity contribution in [3.8, 4) is 0 Å². The molecule has 8 atom stereocenters. The molecule has 8 aliphatic carbocycles. The Morgan fingerprint density at radius 3 is 1.28 bits per heavy atom. The van der Waals surface area contributed by atoms with Gasteiger partial charge in [-0.25, -0.2) is 0 Å². The Hall–Kier alpha value is 2.10. The Kier molecular flexibility index (Phi) is 11.2. The molecule has 0 aromatic heterocycles. The number of hydrogen-bond donors (Lipinski definition) is 0. The first-order chi connectivity index (χ1) is 20.4. The van der Waals surface area contributed by atoms with Crippen LogP contribution in [0.5, 0.6) is 0 Å². The Balaban J connectivity index is 0.000000166. The van der Waals surface area contributed by atoms with Gasteiger partial charge in [0.25, 0.3) is 0 Å². The van der Waals surface area contributed by atoms with Crippen molar-refractivity contribution in [1.29, 1.82) is 0 Å². The van der Waals surface area contributed by atoms with Crippen molar-refractivity contribution in [3.63, 3.8) is 0 Å². The van der Waals surface area contributed by atoms with Crippen LogP contribution < -0.4 is 0 Å². The van der Waals surface area contributed by atoms with Gasteiger partial charge in [-0.1, -0.05) is 12.8 Å². The standard InChI is InChI=1S/C25H39P.C13H27P.2ClH.Pd/c1-2-4-23(3-1)26(24-11-17-5-7-19(13-24)21(9-17)15-24)25-12-18-6-8-20(14-25)22(10-18)16-25;1-12(2,3)14(13(4,5)6)11-9-7-8-10-11;;;/h17-23H,1-16H2;11H,7-10H2,1-6H3;2*1H;/q;;;;+2. The summed E-state index contributed by atoms with van der Waals surface area (Å²) in [5, 5.41) is 3.00. The second-order valence-electron chi connectivity index (χ2n) is 19.5. The fourth-order valence-corrected chi connectivity index (χ4v) is 27.2. The Morgan fingerprint density at radius 2 is 0.884 bits per heavy atom. The van der Waals surface area contributed by atoms with Gasteiger partial charge in [-0.05, 0) is 193 Å². The zero-order valence-electron chi connectivity index (χ0n) is 28.8. The molecule has 8 rings (SSSR count). The summed E-state index contributed by atoms with van der Waals surface area (Å²) in [6.45, 7) is 14.8. The van der Waals surface area contributed by atoms with Crippen LogP contribution in [0.4, 0.5) is 0 Å². The van der Waals surface area contributed by atoms with Crippen molar-refractivity contribution in [2.45, 2.75) is 202 Å². The first kappa shape index (κ1) is 34.9. The predicted molar refractivity (Wildman–Crippen MR) is 194 cm³/mol. The molecule has 0 aliphatic heterocycles. The zero-order chi connectivity index (χ0) is 30.6. The van der Waals surface area contributed by atoms with Crippen molar-refractivity contribution >= 4 is 34.9 Å². The van der Waals surface area contributed by atoms with E-state index in [9.17, 15) is 0 Å². The molecular weight excluding hydrogens is 696 g/mol. The van der Waals surface area contributed by atoms with E-state index in [1.165, 1.54) is 66.8 Å². The van der Waals surface area contributed by atoms with Gasteiger partial charge >= 0.3 is 35.0 Å². The summed E-state index contributed by atoms with van der Waals surface area (Å²) in [6, 6.07) is 0. The summed E-state index contributed by atoms with van der Waals surface area (Å²) in [5.41, 5.74) is 2.33. The zero-order valence-corrected chi connectivity index (χ0v) is 33.9. The van der Waals surface area contributed by atoms with Crippen molar-refractivity contribution in [1.82, 2.24) is 0 Å². The quantitative estimate of drug-likeness (QED) is 0.198. The normalized spacial score (nSPS) is 42.7. The van der Waals surface area contributed by atoms with Gasteiger partial charge in [0.05, 0.1) is 31.9 Å². The van der Waals surface area contributed by atoms with Gasteiger partial charge in [0.2, 0.25) is 0 Å². The molecule has 5 heteroatoms. The van der Waals surface area contributed by atoms with Gasteiger partial charge in [-0.15, -0.1) is 0 Å². The van der Waals surface area contributed by atoms with Crippen LogP contribution in [0.15, 0.2) is 0 Å². The van der Waals surface area contributed by atoms with Crippen molar-refractivity contribution in [2.75, 3.05) is 0 Å². The summed E-state index contributed by atoms with van der Waals surface area (Å²) >= 11 is -0.106. The summed E-state index contributed by atoms with van der Waals surface area (Å²) in [5.74, 6) is 7.09. The van der Waals surface area contributed by atoms with Gasteiger partial charge in [0.15, 0.2) is 0 Å². The van der Waals surface area contributed by atoms with Crippen molar-refractivity contribution in [3.05, 3.63) is 0 Å². The van der Waals surface area contributed by atoms with Crippen molar-refractivity contribution in [2.24, 2.45) is 35.5 Å². The van der Waals surface area contributed by atoms with E-state index in [1.807, 2.05) is 0 Å². The predicted octanol–water partition coefficient (Wildman–Crippen LogP) is 13.2. The third-order valence-electron chi connectivity index (χ3n) is 14.8. The maximum atomic E-state index is 4.81. The average Bonchev–Trinajstić information content (AvgIpc) is 3.67. The number of rotatable bonds is 4. The average molecular weight is 764 g/mol. The number of hydrogen-bond acceptors (Lipinski definition) is 0. The number of halogens is 2. The molecule has 0 heterocycles. The molecule has 0 amide bonds. The fraction of sp³-hybridized carbons (Fsp3) is 1.00. The molecule has 0 spiro atoms. The third-order valence-corrected chi connectivity index (χ3v) is 24.3. The number of fused-ring (bicyclic) bond motifs is 4. The van der Waals surface area contributed by atoms with Gasteiger partial charge < -0.3 is 0 Å². The van der Waals surface area contributed by atoms with E-state index in [0.29, 0.717) is 10.3 Å². The van der Waals surface area contributed by atoms with Gasteiger partial charge in [-0.2, -0.15) is 0 Å². The second kappa shape index (κ2) is 13.8. The summed E-state index contributed by atoms with van der Waals surface area (Å²) in [4.78, 5) is 0. The molecule has 8 saturated carbocycles. The van der Waals surface area contributed by atoms with Crippen LogP contribution >= 0.6 is 34.9 Å². The maximum absolute atomic E-state index is 4.81. The molecule has 0 aromatic rings. The van der Waals surface area contributed by atoms with Crippen LogP contribution in [0.3, 0.4) is 0 Å². The monoisotopic (exact) mass is 762 g/mol. The van der Waals surface area contributed by atoms with Crippen LogP contribution in [0.25, 0.3) is 0 Å². The van der Waals surface area contributed by atoms with Crippen molar-refractivity contribution < 1.29 is 15.9 Å². The third kappa shape index (κ3) is 7.21. The topological polar surface area (TPSA) is 0 Å². The van der Waals surface area contributed by atoms with Crippen LogP contribution in [0, 0.1) is 35.5 Å². The van der Waals surface area contributed by atoms with E-state index < -0.39 is 0 Å². The molecule has 43 heavy (non-hydrogen) atoms. The van der Waals surface area contributed by atoms with E-state index in [-0.39, 0.29) is 31.8 Å². The molecule has 0 saturated heterocycles. The van der Waals surface area contributed by atoms with Crippen LogP contribution in [0.2, 0.25) is 0 Å². The Labute approximate surface area is 286 Å². The molecule has 8 fully saturated rings. The van der Waals surface area contributed by atoms with Gasteiger partial charge in [0, 0.05) is 15.8 Å². The van der Waals surface area contributed by atoms with E-state index >= 15 is 0 Å². The minimum atomic E-state index is -0.253. The molecular formula is C38H68Cl2P2Pd+2. The molecule has 252 valence electrons. The van der Waals surface area contributed by atoms with E-state index in [2.05, 4.69) is 41.5 Å². The molecule has 0 radical (unpaired) electrons. The SMILES string of the molecule is C1CCC([PH+](C23CC4CCC(C2)C(C4)C3)C23CC4CCC(C2)C(C4)C3)C1.CC(C)(C)[PH+](C1CCCC1)C(C)(C)C.[Cl][Pd][Cl]. The van der Waals surface area contributed by atoms with E-state index in [0.717, 1.165) is 16.0 Å². The fourth-order valence-electron chi connectivity index (χ4n) is 14.7. The van der Waals surface area contributed by atoms with Crippen LogP contribution in [-0.2, 0) is 15.9 Å². The Bertz CT molecular complexity index is 867. The van der Waals surface area contributed by atoms with Gasteiger partial charge in [-0.3, -0.25) is 0 Å². The van der Waals surface area contributed by atoms with E-state index in [4.69, 9.17) is 19.1 Å². The van der Waals surface area contributed by atoms with E-state index in [1.54, 1.807) is 103 Å². The molecule has 0 aromatic carbocycles. The minimum absolute atomic E-state index is 0.106. The summed E-state index contributed by atoms with van der Waals surface area (Å²) in [6.07, 6.45) is 32.8. The molecule has 0 nitrogen and oxygen atoms in total. The summed E-state index contributed by atoms with van der Waals surface area (Å²) in [7, 11) is 9.16. The molecule has 8 aliphatic rings. The molecule has 6 bridgehead atoms. The summed E-state index contributed by atoms with van der Waals surface area (Å²) < 4.78 is 0. The second-order valence-corrected chi connectivity index (χ2v) is 30.3. The van der Waals surface area contributed by atoms with Gasteiger partial charge in [0.1, 0.15) is 0 Å². The molecule has 0 N–H and O–H groups in total. The van der Waals surface area contributed by atoms with Crippen LogP contribution in [0.1, 0.15) is 170 Å². The first-order valence-electron chi connectivity index (χ1n) is 19.0.